The monoisotopic (exact) mass is 327 g/mol. The molecule has 1 saturated carbocycles. The molecule has 1 aromatic carbocycles. The van der Waals surface area contributed by atoms with E-state index in [4.69, 9.17) is 0 Å². The van der Waals surface area contributed by atoms with E-state index < -0.39 is 0 Å². The molecular formula is C20H29N3O. The number of amides is 1. The number of benzene rings is 1. The van der Waals surface area contributed by atoms with Crippen molar-refractivity contribution < 1.29 is 4.79 Å². The van der Waals surface area contributed by atoms with Crippen molar-refractivity contribution in [3.8, 4) is 0 Å². The van der Waals surface area contributed by atoms with E-state index in [2.05, 4.69) is 46.1 Å². The van der Waals surface area contributed by atoms with Gasteiger partial charge in [0.1, 0.15) is 6.04 Å². The first-order valence-electron chi connectivity index (χ1n) is 9.65. The van der Waals surface area contributed by atoms with Gasteiger partial charge in [0.25, 0.3) is 0 Å². The number of hydrazine groups is 1. The van der Waals surface area contributed by atoms with Crippen molar-refractivity contribution >= 4 is 5.91 Å². The summed E-state index contributed by atoms with van der Waals surface area (Å²) >= 11 is 0. The molecule has 0 radical (unpaired) electrons. The third-order valence-electron chi connectivity index (χ3n) is 6.23. The second kappa shape index (κ2) is 7.24. The van der Waals surface area contributed by atoms with Crippen LogP contribution in [0.4, 0.5) is 0 Å². The second-order valence-corrected chi connectivity index (χ2v) is 7.78. The fraction of sp³-hybridized carbons (Fsp3) is 0.650. The third-order valence-corrected chi connectivity index (χ3v) is 6.23. The van der Waals surface area contributed by atoms with Crippen molar-refractivity contribution in [2.24, 2.45) is 11.8 Å². The van der Waals surface area contributed by atoms with Crippen LogP contribution in [-0.2, 0) is 11.2 Å². The Bertz CT molecular complexity index is 553. The van der Waals surface area contributed by atoms with Crippen LogP contribution in [0.2, 0.25) is 0 Å². The second-order valence-electron chi connectivity index (χ2n) is 7.78. The smallest absolute Gasteiger partial charge is 0.241 e. The average Bonchev–Trinajstić information content (AvgIpc) is 3.07. The van der Waals surface area contributed by atoms with Crippen molar-refractivity contribution in [2.75, 3.05) is 13.1 Å². The largest absolute Gasteiger partial charge is 0.341 e. The van der Waals surface area contributed by atoms with Gasteiger partial charge in [-0.2, -0.15) is 0 Å². The number of likely N-dealkylation sites (tertiary alicyclic amines) is 1. The minimum absolute atomic E-state index is 0.000901. The number of carbonyl (C=O) groups is 1. The summed E-state index contributed by atoms with van der Waals surface area (Å²) in [6, 6.07) is 11.3. The van der Waals surface area contributed by atoms with Gasteiger partial charge in [-0.25, -0.2) is 5.43 Å². The molecule has 4 nitrogen and oxygen atoms in total. The highest BCUT2D eigenvalue weighted by atomic mass is 16.2. The molecule has 4 heteroatoms. The summed E-state index contributed by atoms with van der Waals surface area (Å²) in [6.45, 7) is 1.85. The number of hydrogen-bond donors (Lipinski definition) is 2. The van der Waals surface area contributed by atoms with Crippen molar-refractivity contribution in [1.29, 1.82) is 0 Å². The molecule has 3 atom stereocenters. The molecule has 2 aliphatic heterocycles. The standard InChI is InChI=1S/C20H29N3O/c24-20(19-17-8-4-5-9-18(17)21-22-19)23-12-10-16(11-13-23)14-15-6-2-1-3-7-15/h1-3,6-7,16-19,21-22H,4-5,8-14H2. The Morgan fingerprint density at radius 3 is 2.54 bits per heavy atom. The number of piperidine rings is 1. The molecular weight excluding hydrogens is 298 g/mol. The van der Waals surface area contributed by atoms with E-state index in [0.717, 1.165) is 32.4 Å². The third kappa shape index (κ3) is 3.35. The molecule has 3 aliphatic rings. The van der Waals surface area contributed by atoms with Gasteiger partial charge in [-0.3, -0.25) is 10.2 Å². The number of nitrogens with one attached hydrogen (secondary N) is 2. The lowest BCUT2D eigenvalue weighted by Crippen LogP contribution is -2.50. The molecule has 2 saturated heterocycles. The maximum atomic E-state index is 12.9. The van der Waals surface area contributed by atoms with Crippen LogP contribution in [0.3, 0.4) is 0 Å². The van der Waals surface area contributed by atoms with Crippen LogP contribution in [0.15, 0.2) is 30.3 Å². The summed E-state index contributed by atoms with van der Waals surface area (Å²) < 4.78 is 0. The number of carbonyl (C=O) groups excluding carboxylic acids is 1. The summed E-state index contributed by atoms with van der Waals surface area (Å²) in [7, 11) is 0. The minimum atomic E-state index is 0.000901. The van der Waals surface area contributed by atoms with Gasteiger partial charge >= 0.3 is 0 Å². The highest BCUT2D eigenvalue weighted by molar-refractivity contribution is 5.82. The zero-order valence-corrected chi connectivity index (χ0v) is 14.4. The number of fused-ring (bicyclic) bond motifs is 1. The Kier molecular flexibility index (Phi) is 4.86. The van der Waals surface area contributed by atoms with E-state index in [1.54, 1.807) is 0 Å². The van der Waals surface area contributed by atoms with Crippen LogP contribution in [0.25, 0.3) is 0 Å². The molecule has 1 amide bonds. The summed E-state index contributed by atoms with van der Waals surface area (Å²) in [6.07, 6.45) is 8.38. The summed E-state index contributed by atoms with van der Waals surface area (Å²) in [5.74, 6) is 1.54. The molecule has 0 spiro atoms. The van der Waals surface area contributed by atoms with Gasteiger partial charge in [0.05, 0.1) is 0 Å². The number of rotatable bonds is 3. The van der Waals surface area contributed by atoms with E-state index in [9.17, 15) is 4.79 Å². The van der Waals surface area contributed by atoms with Crippen LogP contribution in [-0.4, -0.2) is 36.0 Å². The topological polar surface area (TPSA) is 44.4 Å². The van der Waals surface area contributed by atoms with Crippen LogP contribution < -0.4 is 10.9 Å². The van der Waals surface area contributed by atoms with Gasteiger partial charge in [-0.05, 0) is 43.6 Å². The molecule has 0 bridgehead atoms. The quantitative estimate of drug-likeness (QED) is 0.896. The van der Waals surface area contributed by atoms with Crippen molar-refractivity contribution in [3.05, 3.63) is 35.9 Å². The lowest BCUT2D eigenvalue weighted by molar-refractivity contribution is -0.135. The maximum absolute atomic E-state index is 12.9. The zero-order valence-electron chi connectivity index (χ0n) is 14.4. The van der Waals surface area contributed by atoms with Gasteiger partial charge in [-0.1, -0.05) is 43.2 Å². The van der Waals surface area contributed by atoms with Crippen LogP contribution >= 0.6 is 0 Å². The number of nitrogens with zero attached hydrogens (tertiary/aromatic N) is 1. The van der Waals surface area contributed by atoms with Crippen LogP contribution in [0.5, 0.6) is 0 Å². The molecule has 3 fully saturated rings. The highest BCUT2D eigenvalue weighted by Crippen LogP contribution is 2.31. The van der Waals surface area contributed by atoms with Crippen molar-refractivity contribution in [2.45, 2.75) is 57.0 Å². The summed E-state index contributed by atoms with van der Waals surface area (Å²) in [5, 5.41) is 0. The first-order chi connectivity index (χ1) is 11.8. The highest BCUT2D eigenvalue weighted by Gasteiger charge is 2.42. The Morgan fingerprint density at radius 1 is 1.00 bits per heavy atom. The Hall–Kier alpha value is -1.39. The van der Waals surface area contributed by atoms with Crippen LogP contribution in [0, 0.1) is 11.8 Å². The van der Waals surface area contributed by atoms with Crippen molar-refractivity contribution in [1.82, 2.24) is 15.8 Å². The molecule has 130 valence electrons. The Morgan fingerprint density at radius 2 is 1.75 bits per heavy atom. The molecule has 2 N–H and O–H groups in total. The first-order valence-corrected chi connectivity index (χ1v) is 9.65. The van der Waals surface area contributed by atoms with E-state index in [0.29, 0.717) is 23.8 Å². The minimum Gasteiger partial charge on any atom is -0.341 e. The first kappa shape index (κ1) is 16.1. The van der Waals surface area contributed by atoms with E-state index in [-0.39, 0.29) is 6.04 Å². The fourth-order valence-corrected chi connectivity index (χ4v) is 4.79. The normalized spacial score (nSPS) is 31.0. The van der Waals surface area contributed by atoms with E-state index >= 15 is 0 Å². The van der Waals surface area contributed by atoms with Crippen molar-refractivity contribution in [3.63, 3.8) is 0 Å². The number of hydrogen-bond acceptors (Lipinski definition) is 3. The van der Waals surface area contributed by atoms with Gasteiger partial charge in [-0.15, -0.1) is 0 Å². The molecule has 24 heavy (non-hydrogen) atoms. The van der Waals surface area contributed by atoms with Gasteiger partial charge in [0.2, 0.25) is 5.91 Å². The lowest BCUT2D eigenvalue weighted by atomic mass is 9.81. The molecule has 4 rings (SSSR count). The van der Waals surface area contributed by atoms with E-state index in [1.165, 1.54) is 31.2 Å². The Balaban J connectivity index is 1.30. The van der Waals surface area contributed by atoms with Crippen LogP contribution in [0.1, 0.15) is 44.1 Å². The summed E-state index contributed by atoms with van der Waals surface area (Å²) in [4.78, 5) is 15.1. The molecule has 2 heterocycles. The van der Waals surface area contributed by atoms with E-state index in [1.807, 2.05) is 0 Å². The summed E-state index contributed by atoms with van der Waals surface area (Å²) in [5.41, 5.74) is 8.10. The SMILES string of the molecule is O=C(C1NNC2CCCCC21)N1CCC(Cc2ccccc2)CC1. The predicted molar refractivity (Wildman–Crippen MR) is 95.3 cm³/mol. The zero-order chi connectivity index (χ0) is 16.4. The average molecular weight is 327 g/mol. The lowest BCUT2D eigenvalue weighted by Gasteiger charge is -2.35. The van der Waals surface area contributed by atoms with Gasteiger partial charge in [0, 0.05) is 25.0 Å². The molecule has 0 aromatic heterocycles. The van der Waals surface area contributed by atoms with Gasteiger partial charge in [0.15, 0.2) is 0 Å². The van der Waals surface area contributed by atoms with Gasteiger partial charge < -0.3 is 4.90 Å². The Labute approximate surface area is 145 Å². The maximum Gasteiger partial charge on any atom is 0.241 e. The molecule has 1 aliphatic carbocycles. The predicted octanol–water partition coefficient (Wildman–Crippen LogP) is 2.50. The fourth-order valence-electron chi connectivity index (χ4n) is 4.79. The molecule has 1 aromatic rings. The molecule has 3 unspecified atom stereocenters.